The summed E-state index contributed by atoms with van der Waals surface area (Å²) in [5.41, 5.74) is 4.68. The van der Waals surface area contributed by atoms with Crippen molar-refractivity contribution in [3.63, 3.8) is 0 Å². The molecule has 4 rings (SSSR count). The van der Waals surface area contributed by atoms with Crippen molar-refractivity contribution in [3.05, 3.63) is 86.1 Å². The summed E-state index contributed by atoms with van der Waals surface area (Å²) in [5, 5.41) is 17.3. The Balaban J connectivity index is 1.71. The number of nitrogens with zero attached hydrogens (tertiary/aromatic N) is 3. The first kappa shape index (κ1) is 34.9. The van der Waals surface area contributed by atoms with Crippen LogP contribution in [0.3, 0.4) is 0 Å². The number of aliphatic carboxylic acids is 1. The summed E-state index contributed by atoms with van der Waals surface area (Å²) in [5.74, 6) is -2.29. The second-order valence-corrected chi connectivity index (χ2v) is 13.0. The first-order valence-electron chi connectivity index (χ1n) is 16.1. The smallest absolute Gasteiger partial charge is 0.305 e. The van der Waals surface area contributed by atoms with E-state index in [0.717, 1.165) is 28.7 Å². The van der Waals surface area contributed by atoms with Crippen molar-refractivity contribution in [2.45, 2.75) is 79.3 Å². The van der Waals surface area contributed by atoms with Crippen LogP contribution < -0.4 is 10.9 Å². The van der Waals surface area contributed by atoms with Crippen molar-refractivity contribution < 1.29 is 23.5 Å². The Labute approximate surface area is 269 Å². The zero-order valence-corrected chi connectivity index (χ0v) is 27.7. The molecule has 2 N–H and O–H groups in total. The fraction of sp³-hybridized carbons (Fsp3) is 0.500. The van der Waals surface area contributed by atoms with E-state index in [4.69, 9.17) is 0 Å². The molecule has 1 unspecified atom stereocenters. The number of benzene rings is 2. The van der Waals surface area contributed by atoms with Gasteiger partial charge < -0.3 is 15.3 Å². The van der Waals surface area contributed by atoms with E-state index in [2.05, 4.69) is 15.3 Å². The Kier molecular flexibility index (Phi) is 11.5. The van der Waals surface area contributed by atoms with E-state index in [9.17, 15) is 23.9 Å². The largest absolute Gasteiger partial charge is 0.481 e. The van der Waals surface area contributed by atoms with Gasteiger partial charge in [-0.1, -0.05) is 38.5 Å². The predicted molar refractivity (Wildman–Crippen MR) is 175 cm³/mol. The summed E-state index contributed by atoms with van der Waals surface area (Å²) >= 11 is 0. The van der Waals surface area contributed by atoms with E-state index >= 15 is 4.39 Å². The maximum Gasteiger partial charge on any atom is 0.305 e. The third-order valence-electron chi connectivity index (χ3n) is 9.14. The molecule has 3 atom stereocenters. The molecule has 0 spiro atoms. The number of likely N-dealkylation sites (tertiary alicyclic amines) is 1. The molecule has 2 aromatic carbocycles. The minimum absolute atomic E-state index is 0.0383. The lowest BCUT2D eigenvalue weighted by Gasteiger charge is -2.37. The van der Waals surface area contributed by atoms with E-state index in [1.807, 2.05) is 45.9 Å². The van der Waals surface area contributed by atoms with E-state index in [-0.39, 0.29) is 30.5 Å². The Bertz CT molecular complexity index is 1610. The van der Waals surface area contributed by atoms with Gasteiger partial charge in [-0.25, -0.2) is 9.07 Å². The minimum atomic E-state index is -1.20. The zero-order chi connectivity index (χ0) is 33.7. The number of carboxylic acids is 1. The summed E-state index contributed by atoms with van der Waals surface area (Å²) in [4.78, 5) is 41.7. The highest BCUT2D eigenvalue weighted by molar-refractivity contribution is 5.82. The summed E-state index contributed by atoms with van der Waals surface area (Å²) in [6, 6.07) is 8.70. The molecule has 0 saturated carbocycles. The van der Waals surface area contributed by atoms with Gasteiger partial charge in [0.15, 0.2) is 0 Å². The molecule has 248 valence electrons. The first-order chi connectivity index (χ1) is 21.8. The lowest BCUT2D eigenvalue weighted by molar-refractivity contribution is -0.138. The molecule has 1 fully saturated rings. The maximum absolute atomic E-state index is 15.8. The quantitative estimate of drug-likeness (QED) is 0.224. The molecular weight excluding hydrogens is 590 g/mol. The van der Waals surface area contributed by atoms with Crippen LogP contribution in [-0.4, -0.2) is 58.0 Å². The number of amides is 1. The third kappa shape index (κ3) is 8.07. The van der Waals surface area contributed by atoms with Crippen LogP contribution in [0, 0.1) is 45.3 Å². The molecule has 46 heavy (non-hydrogen) atoms. The highest BCUT2D eigenvalue weighted by atomic mass is 19.1. The molecule has 1 saturated heterocycles. The van der Waals surface area contributed by atoms with Gasteiger partial charge in [-0.05, 0) is 86.1 Å². The number of alkyl halides is 1. The number of hydrogen-bond acceptors (Lipinski definition) is 5. The molecule has 0 radical (unpaired) electrons. The van der Waals surface area contributed by atoms with Gasteiger partial charge in [0.1, 0.15) is 11.9 Å². The predicted octanol–water partition coefficient (Wildman–Crippen LogP) is 6.04. The van der Waals surface area contributed by atoms with Crippen molar-refractivity contribution in [2.24, 2.45) is 11.8 Å². The molecule has 10 heteroatoms. The number of hydrogen-bond donors (Lipinski definition) is 2. The molecule has 2 heterocycles. The van der Waals surface area contributed by atoms with Crippen LogP contribution in [-0.2, 0) is 16.0 Å². The highest BCUT2D eigenvalue weighted by Crippen LogP contribution is 2.33. The molecular formula is C36H46F2N4O4. The van der Waals surface area contributed by atoms with Crippen LogP contribution in [0.15, 0.2) is 41.2 Å². The number of aryl methyl sites for hydroxylation is 4. The van der Waals surface area contributed by atoms with Crippen LogP contribution >= 0.6 is 0 Å². The van der Waals surface area contributed by atoms with Crippen LogP contribution in [0.1, 0.15) is 78.7 Å². The van der Waals surface area contributed by atoms with E-state index in [1.165, 1.54) is 4.68 Å². The molecule has 3 aromatic rings. The SMILES string of the molecule is CCC(C)C[C@@H](C(=O)N[C@@H](CC(=O)O)c1cc(-c2c(C)cccc2C)cc(C)c1F)n1nc(CCN2CC(CF)C2)cc(C)c1=O. The van der Waals surface area contributed by atoms with Gasteiger partial charge in [-0.15, -0.1) is 0 Å². The summed E-state index contributed by atoms with van der Waals surface area (Å²) < 4.78 is 29.9. The number of carbonyl (C=O) groups is 2. The lowest BCUT2D eigenvalue weighted by atomic mass is 9.90. The monoisotopic (exact) mass is 636 g/mol. The fourth-order valence-electron chi connectivity index (χ4n) is 6.28. The Morgan fingerprint density at radius 1 is 1.07 bits per heavy atom. The molecule has 0 bridgehead atoms. The lowest BCUT2D eigenvalue weighted by Crippen LogP contribution is -2.48. The maximum atomic E-state index is 15.8. The van der Waals surface area contributed by atoms with E-state index in [1.54, 1.807) is 32.0 Å². The fourth-order valence-corrected chi connectivity index (χ4v) is 6.28. The molecule has 1 aromatic heterocycles. The van der Waals surface area contributed by atoms with Gasteiger partial charge in [0.25, 0.3) is 5.56 Å². The van der Waals surface area contributed by atoms with Gasteiger partial charge in [0.05, 0.1) is 24.8 Å². The minimum Gasteiger partial charge on any atom is -0.481 e. The first-order valence-corrected chi connectivity index (χ1v) is 16.1. The van der Waals surface area contributed by atoms with Crippen molar-refractivity contribution in [2.75, 3.05) is 26.3 Å². The summed E-state index contributed by atoms with van der Waals surface area (Å²) in [6.45, 7) is 12.8. The second-order valence-electron chi connectivity index (χ2n) is 13.0. The van der Waals surface area contributed by atoms with E-state index in [0.29, 0.717) is 42.9 Å². The zero-order valence-electron chi connectivity index (χ0n) is 27.7. The topological polar surface area (TPSA) is 105 Å². The van der Waals surface area contributed by atoms with Gasteiger partial charge in [-0.3, -0.25) is 18.8 Å². The highest BCUT2D eigenvalue weighted by Gasteiger charge is 2.31. The molecule has 1 aliphatic rings. The van der Waals surface area contributed by atoms with Crippen molar-refractivity contribution in [3.8, 4) is 11.1 Å². The van der Waals surface area contributed by atoms with Crippen LogP contribution in [0.4, 0.5) is 8.78 Å². The number of rotatable bonds is 14. The Hall–Kier alpha value is -3.92. The summed E-state index contributed by atoms with van der Waals surface area (Å²) in [7, 11) is 0. The van der Waals surface area contributed by atoms with E-state index < -0.39 is 41.8 Å². The molecule has 1 amide bonds. The Morgan fingerprint density at radius 2 is 1.74 bits per heavy atom. The molecule has 8 nitrogen and oxygen atoms in total. The number of halogens is 2. The van der Waals surface area contributed by atoms with Crippen LogP contribution in [0.2, 0.25) is 0 Å². The second kappa shape index (κ2) is 15.1. The van der Waals surface area contributed by atoms with Gasteiger partial charge in [0.2, 0.25) is 5.91 Å². The van der Waals surface area contributed by atoms with Gasteiger partial charge >= 0.3 is 5.97 Å². The number of aromatic nitrogens is 2. The average molecular weight is 637 g/mol. The third-order valence-corrected chi connectivity index (χ3v) is 9.14. The average Bonchev–Trinajstić information content (AvgIpc) is 2.97. The van der Waals surface area contributed by atoms with Crippen LogP contribution in [0.25, 0.3) is 11.1 Å². The number of carboxylic acid groups (broad SMARTS) is 1. The van der Waals surface area contributed by atoms with Crippen molar-refractivity contribution in [1.29, 1.82) is 0 Å². The van der Waals surface area contributed by atoms with Gasteiger partial charge in [0, 0.05) is 43.1 Å². The van der Waals surface area contributed by atoms with Gasteiger partial charge in [-0.2, -0.15) is 5.10 Å². The normalized spacial score (nSPS) is 15.7. The molecule has 0 aliphatic carbocycles. The molecule has 1 aliphatic heterocycles. The van der Waals surface area contributed by atoms with Crippen molar-refractivity contribution >= 4 is 11.9 Å². The Morgan fingerprint density at radius 3 is 2.35 bits per heavy atom. The summed E-state index contributed by atoms with van der Waals surface area (Å²) in [6.07, 6.45) is 0.999. The number of carbonyl (C=O) groups excluding carboxylic acids is 1. The van der Waals surface area contributed by atoms with Crippen molar-refractivity contribution in [1.82, 2.24) is 20.0 Å². The standard InChI is InChI=1S/C36H46F2N4O4/c1-7-21(2)13-31(42-36(46)25(6)15-28(40-42)11-12-41-19-26(18-37)20-41)35(45)39-30(17-32(43)44)29-16-27(14-24(5)34(29)38)33-22(3)9-8-10-23(33)4/h8-10,14-16,21,26,30-31H,7,11-13,17-20H2,1-6H3,(H,39,45)(H,43,44)/t21?,30-,31-/m0/s1. The van der Waals surface area contributed by atoms with Crippen LogP contribution in [0.5, 0.6) is 0 Å². The number of nitrogens with one attached hydrogen (secondary N) is 1.